The van der Waals surface area contributed by atoms with Gasteiger partial charge in [-0.25, -0.2) is 4.99 Å². The van der Waals surface area contributed by atoms with E-state index in [1.54, 1.807) is 43.1 Å². The second-order valence-electron chi connectivity index (χ2n) is 7.11. The fourth-order valence-corrected chi connectivity index (χ4v) is 5.14. The lowest BCUT2D eigenvalue weighted by molar-refractivity contribution is -0.160. The smallest absolute Gasteiger partial charge is 0.317 e. The van der Waals surface area contributed by atoms with E-state index in [1.165, 1.54) is 11.3 Å². The molecule has 0 saturated heterocycles. The molecule has 0 amide bonds. The zero-order valence-corrected chi connectivity index (χ0v) is 16.6. The van der Waals surface area contributed by atoms with Crippen LogP contribution in [-0.2, 0) is 9.53 Å². The molecule has 29 heavy (non-hydrogen) atoms. The van der Waals surface area contributed by atoms with E-state index in [1.807, 2.05) is 24.3 Å². The topological polar surface area (TPSA) is 83.0 Å². The first-order chi connectivity index (χ1) is 14.0. The van der Waals surface area contributed by atoms with Crippen LogP contribution in [0.3, 0.4) is 0 Å². The molecule has 148 valence electrons. The molecule has 8 heteroatoms. The molecule has 2 aromatic heterocycles. The monoisotopic (exact) mass is 410 g/mol. The predicted octanol–water partition coefficient (Wildman–Crippen LogP) is 1.84. The summed E-state index contributed by atoms with van der Waals surface area (Å²) in [4.78, 5) is 31.5. The number of hydrogen-bond donors (Lipinski definition) is 0. The minimum Gasteiger partial charge on any atom is -0.472 e. The van der Waals surface area contributed by atoms with Crippen LogP contribution in [0, 0.1) is 5.92 Å². The number of furan rings is 1. The van der Waals surface area contributed by atoms with Crippen molar-refractivity contribution in [1.82, 2.24) is 4.57 Å². The summed E-state index contributed by atoms with van der Waals surface area (Å²) in [6.07, 6.45) is 4.88. The van der Waals surface area contributed by atoms with Gasteiger partial charge in [0.25, 0.3) is 5.56 Å². The van der Waals surface area contributed by atoms with Gasteiger partial charge in [0.05, 0.1) is 29.7 Å². The maximum Gasteiger partial charge on any atom is 0.317 e. The summed E-state index contributed by atoms with van der Waals surface area (Å²) in [7, 11) is 0. The molecule has 0 unspecified atom stereocenters. The van der Waals surface area contributed by atoms with Crippen molar-refractivity contribution in [3.63, 3.8) is 0 Å². The Labute approximate surface area is 169 Å². The van der Waals surface area contributed by atoms with Gasteiger partial charge in [0.15, 0.2) is 4.80 Å². The highest BCUT2D eigenvalue weighted by atomic mass is 32.1. The maximum atomic E-state index is 13.3. The molecule has 1 aromatic carbocycles. The van der Waals surface area contributed by atoms with Gasteiger partial charge in [-0.05, 0) is 32.1 Å². The first-order valence-electron chi connectivity index (χ1n) is 9.31. The third kappa shape index (κ3) is 2.66. The second kappa shape index (κ2) is 6.45. The average Bonchev–Trinajstić information content (AvgIpc) is 3.29. The molecule has 0 spiro atoms. The number of nitrogens with zero attached hydrogens (tertiary/aromatic N) is 2. The van der Waals surface area contributed by atoms with E-state index in [4.69, 9.17) is 18.9 Å². The first kappa shape index (κ1) is 17.9. The Bertz CT molecular complexity index is 1270. The van der Waals surface area contributed by atoms with Gasteiger partial charge in [0.1, 0.15) is 11.7 Å². The Morgan fingerprint density at radius 3 is 2.97 bits per heavy atom. The van der Waals surface area contributed by atoms with Gasteiger partial charge in [0.2, 0.25) is 5.72 Å². The highest BCUT2D eigenvalue weighted by Crippen LogP contribution is 2.47. The highest BCUT2D eigenvalue weighted by Gasteiger charge is 2.55. The molecule has 0 radical (unpaired) electrons. The SMILES string of the molecule is CCOC(=O)[C@H]1[C@H]2c3ccccc3O[C@@]1(C)N=c1sc(=Cc3ccoc3)c(=O)n12. The number of benzene rings is 1. The van der Waals surface area contributed by atoms with Crippen LogP contribution < -0.4 is 19.6 Å². The molecule has 0 aliphatic carbocycles. The summed E-state index contributed by atoms with van der Waals surface area (Å²) >= 11 is 1.27. The number of fused-ring (bicyclic) bond motifs is 6. The summed E-state index contributed by atoms with van der Waals surface area (Å²) in [5.41, 5.74) is 0.200. The van der Waals surface area contributed by atoms with Crippen molar-refractivity contribution in [2.24, 2.45) is 10.9 Å². The van der Waals surface area contributed by atoms with Crippen molar-refractivity contribution in [3.05, 3.63) is 73.7 Å². The van der Waals surface area contributed by atoms with E-state index >= 15 is 0 Å². The summed E-state index contributed by atoms with van der Waals surface area (Å²) in [5, 5.41) is 0. The molecule has 0 fully saturated rings. The number of esters is 1. The molecular formula is C21H18N2O5S. The number of para-hydroxylation sites is 1. The van der Waals surface area contributed by atoms with E-state index in [9.17, 15) is 9.59 Å². The Balaban J connectivity index is 1.80. The van der Waals surface area contributed by atoms with Crippen LogP contribution in [0.1, 0.15) is 31.0 Å². The van der Waals surface area contributed by atoms with E-state index in [0.29, 0.717) is 15.1 Å². The van der Waals surface area contributed by atoms with E-state index in [-0.39, 0.29) is 12.2 Å². The fourth-order valence-electron chi connectivity index (χ4n) is 4.04. The number of carbonyl (C=O) groups is 1. The van der Waals surface area contributed by atoms with Crippen LogP contribution in [-0.4, -0.2) is 22.9 Å². The van der Waals surface area contributed by atoms with Gasteiger partial charge < -0.3 is 13.9 Å². The lowest BCUT2D eigenvalue weighted by Gasteiger charge is -2.44. The van der Waals surface area contributed by atoms with Crippen LogP contribution in [0.5, 0.6) is 5.75 Å². The minimum absolute atomic E-state index is 0.201. The summed E-state index contributed by atoms with van der Waals surface area (Å²) in [6.45, 7) is 3.76. The lowest BCUT2D eigenvalue weighted by atomic mass is 9.81. The third-order valence-corrected chi connectivity index (χ3v) is 6.24. The van der Waals surface area contributed by atoms with Crippen molar-refractivity contribution in [2.75, 3.05) is 6.61 Å². The van der Waals surface area contributed by atoms with Crippen molar-refractivity contribution in [2.45, 2.75) is 25.6 Å². The largest absolute Gasteiger partial charge is 0.472 e. The van der Waals surface area contributed by atoms with Crippen molar-refractivity contribution in [3.8, 4) is 5.75 Å². The molecule has 3 aromatic rings. The average molecular weight is 410 g/mol. The molecule has 3 atom stereocenters. The van der Waals surface area contributed by atoms with Gasteiger partial charge >= 0.3 is 5.97 Å². The van der Waals surface area contributed by atoms with Crippen LogP contribution in [0.2, 0.25) is 0 Å². The molecular weight excluding hydrogens is 392 g/mol. The normalized spacial score (nSPS) is 24.8. The molecule has 0 saturated carbocycles. The van der Waals surface area contributed by atoms with Gasteiger partial charge in [-0.1, -0.05) is 29.5 Å². The zero-order valence-electron chi connectivity index (χ0n) is 15.8. The standard InChI is InChI=1S/C21H18N2O5S/c1-3-27-19(25)16-17-13-6-4-5-7-14(13)28-21(16,2)22-20-23(17)18(24)15(29-20)10-12-8-9-26-11-12/h4-11,16-17H,3H2,1-2H3/t16-,17-,21-/m1/s1. The number of rotatable bonds is 3. The van der Waals surface area contributed by atoms with E-state index in [2.05, 4.69) is 0 Å². The van der Waals surface area contributed by atoms with Gasteiger partial charge in [0, 0.05) is 11.1 Å². The molecule has 2 bridgehead atoms. The number of carbonyl (C=O) groups excluding carboxylic acids is 1. The highest BCUT2D eigenvalue weighted by molar-refractivity contribution is 7.07. The number of aromatic nitrogens is 1. The molecule has 2 aliphatic rings. The van der Waals surface area contributed by atoms with Gasteiger partial charge in [-0.2, -0.15) is 0 Å². The Hall–Kier alpha value is -3.13. The second-order valence-corrected chi connectivity index (χ2v) is 8.12. The van der Waals surface area contributed by atoms with E-state index < -0.39 is 23.7 Å². The molecule has 0 N–H and O–H groups in total. The minimum atomic E-state index is -1.16. The van der Waals surface area contributed by atoms with Crippen molar-refractivity contribution in [1.29, 1.82) is 0 Å². The Morgan fingerprint density at radius 2 is 2.21 bits per heavy atom. The van der Waals surface area contributed by atoms with Crippen LogP contribution in [0.4, 0.5) is 0 Å². The zero-order chi connectivity index (χ0) is 20.2. The quantitative estimate of drug-likeness (QED) is 0.616. The van der Waals surface area contributed by atoms with Crippen LogP contribution >= 0.6 is 11.3 Å². The molecule has 5 rings (SSSR count). The Morgan fingerprint density at radius 1 is 1.38 bits per heavy atom. The van der Waals surface area contributed by atoms with E-state index in [0.717, 1.165) is 11.1 Å². The van der Waals surface area contributed by atoms with Gasteiger partial charge in [-0.3, -0.25) is 14.2 Å². The fraction of sp³-hybridized carbons (Fsp3) is 0.286. The number of hydrogen-bond acceptors (Lipinski definition) is 7. The molecule has 7 nitrogen and oxygen atoms in total. The first-order valence-corrected chi connectivity index (χ1v) is 10.1. The summed E-state index contributed by atoms with van der Waals surface area (Å²) in [5.74, 6) is -0.574. The predicted molar refractivity (Wildman–Crippen MR) is 105 cm³/mol. The molecule has 2 aliphatic heterocycles. The van der Waals surface area contributed by atoms with Crippen LogP contribution in [0.25, 0.3) is 6.08 Å². The van der Waals surface area contributed by atoms with Crippen LogP contribution in [0.15, 0.2) is 57.1 Å². The maximum absolute atomic E-state index is 13.3. The third-order valence-electron chi connectivity index (χ3n) is 5.26. The Kier molecular flexibility index (Phi) is 3.99. The summed E-state index contributed by atoms with van der Waals surface area (Å²) < 4.78 is 18.7. The lowest BCUT2D eigenvalue weighted by Crippen LogP contribution is -2.58. The summed E-state index contributed by atoms with van der Waals surface area (Å²) in [6, 6.07) is 8.67. The van der Waals surface area contributed by atoms with Gasteiger partial charge in [-0.15, -0.1) is 0 Å². The number of thiazole rings is 1. The number of ether oxygens (including phenoxy) is 2. The van der Waals surface area contributed by atoms with Crippen molar-refractivity contribution >= 4 is 23.4 Å². The van der Waals surface area contributed by atoms with Crippen molar-refractivity contribution < 1.29 is 18.7 Å². The molecule has 4 heterocycles.